The number of methoxy groups -OCH3 is 1. The molecule has 0 atom stereocenters. The molecule has 0 spiro atoms. The number of benzene rings is 1. The van der Waals surface area contributed by atoms with E-state index in [1.54, 1.807) is 19.5 Å². The first-order chi connectivity index (χ1) is 8.33. The lowest BCUT2D eigenvalue weighted by Crippen LogP contribution is -2.02. The fraction of sp³-hybridized carbons (Fsp3) is 0.231. The molecule has 1 aromatic carbocycles. The van der Waals surface area contributed by atoms with Gasteiger partial charge in [-0.2, -0.15) is 0 Å². The van der Waals surface area contributed by atoms with Gasteiger partial charge in [-0.1, -0.05) is 24.3 Å². The first kappa shape index (κ1) is 11.5. The summed E-state index contributed by atoms with van der Waals surface area (Å²) < 4.78 is 5.02. The third-order valence-electron chi connectivity index (χ3n) is 2.51. The van der Waals surface area contributed by atoms with Crippen LogP contribution < -0.4 is 10.5 Å². The maximum atomic E-state index is 5.50. The van der Waals surface area contributed by atoms with Crippen molar-refractivity contribution >= 4 is 0 Å². The van der Waals surface area contributed by atoms with Crippen LogP contribution in [-0.4, -0.2) is 23.6 Å². The molecule has 1 aromatic heterocycles. The lowest BCUT2D eigenvalue weighted by atomic mass is 10.1. The number of hydrogen-bond acceptors (Lipinski definition) is 4. The van der Waals surface area contributed by atoms with Crippen molar-refractivity contribution in [1.29, 1.82) is 0 Å². The summed E-state index contributed by atoms with van der Waals surface area (Å²) in [4.78, 5) is 8.47. The highest BCUT2D eigenvalue weighted by Crippen LogP contribution is 2.17. The van der Waals surface area contributed by atoms with Crippen LogP contribution >= 0.6 is 0 Å². The molecule has 4 heteroatoms. The van der Waals surface area contributed by atoms with E-state index in [2.05, 4.69) is 22.1 Å². The van der Waals surface area contributed by atoms with Crippen LogP contribution in [0.25, 0.3) is 11.4 Å². The minimum absolute atomic E-state index is 0.661. The SMILES string of the molecule is COc1cnc(-c2ccc(CCN)cc2)nc1. The molecule has 17 heavy (non-hydrogen) atoms. The molecule has 0 saturated heterocycles. The third-order valence-corrected chi connectivity index (χ3v) is 2.51. The van der Waals surface area contributed by atoms with Gasteiger partial charge in [-0.25, -0.2) is 9.97 Å². The van der Waals surface area contributed by atoms with Crippen molar-refractivity contribution in [3.63, 3.8) is 0 Å². The van der Waals surface area contributed by atoms with Gasteiger partial charge in [-0.05, 0) is 18.5 Å². The number of rotatable bonds is 4. The van der Waals surface area contributed by atoms with Gasteiger partial charge in [0.2, 0.25) is 0 Å². The highest BCUT2D eigenvalue weighted by Gasteiger charge is 2.01. The van der Waals surface area contributed by atoms with E-state index in [9.17, 15) is 0 Å². The average molecular weight is 229 g/mol. The lowest BCUT2D eigenvalue weighted by Gasteiger charge is -2.03. The molecule has 0 amide bonds. The second-order valence-electron chi connectivity index (χ2n) is 3.68. The van der Waals surface area contributed by atoms with Crippen LogP contribution in [0.5, 0.6) is 5.75 Å². The van der Waals surface area contributed by atoms with E-state index in [-0.39, 0.29) is 0 Å². The highest BCUT2D eigenvalue weighted by molar-refractivity contribution is 5.55. The first-order valence-electron chi connectivity index (χ1n) is 5.49. The molecule has 88 valence electrons. The zero-order valence-electron chi connectivity index (χ0n) is 9.76. The molecule has 1 heterocycles. The third kappa shape index (κ3) is 2.79. The van der Waals surface area contributed by atoms with Gasteiger partial charge in [0, 0.05) is 5.56 Å². The Kier molecular flexibility index (Phi) is 3.67. The normalized spacial score (nSPS) is 10.2. The van der Waals surface area contributed by atoms with Crippen molar-refractivity contribution in [2.45, 2.75) is 6.42 Å². The molecule has 0 bridgehead atoms. The maximum absolute atomic E-state index is 5.50. The molecule has 2 rings (SSSR count). The molecule has 0 aliphatic rings. The molecule has 0 unspecified atom stereocenters. The molecule has 4 nitrogen and oxygen atoms in total. The van der Waals surface area contributed by atoms with Crippen LogP contribution in [0.4, 0.5) is 0 Å². The number of nitrogens with zero attached hydrogens (tertiary/aromatic N) is 2. The van der Waals surface area contributed by atoms with Crippen molar-refractivity contribution in [3.8, 4) is 17.1 Å². The number of aromatic nitrogens is 2. The van der Waals surface area contributed by atoms with Crippen molar-refractivity contribution in [1.82, 2.24) is 9.97 Å². The van der Waals surface area contributed by atoms with E-state index in [0.29, 0.717) is 18.1 Å². The molecule has 0 radical (unpaired) electrons. The van der Waals surface area contributed by atoms with Gasteiger partial charge < -0.3 is 10.5 Å². The minimum atomic E-state index is 0.661. The summed E-state index contributed by atoms with van der Waals surface area (Å²) in [5.74, 6) is 1.36. The summed E-state index contributed by atoms with van der Waals surface area (Å²) in [6.07, 6.45) is 4.22. The van der Waals surface area contributed by atoms with Gasteiger partial charge in [-0.3, -0.25) is 0 Å². The van der Waals surface area contributed by atoms with Crippen LogP contribution in [0, 0.1) is 0 Å². The second-order valence-corrected chi connectivity index (χ2v) is 3.68. The summed E-state index contributed by atoms with van der Waals surface area (Å²) in [6.45, 7) is 0.665. The van der Waals surface area contributed by atoms with Gasteiger partial charge in [0.25, 0.3) is 0 Å². The Morgan fingerprint density at radius 2 is 1.76 bits per heavy atom. The van der Waals surface area contributed by atoms with E-state index >= 15 is 0 Å². The van der Waals surface area contributed by atoms with Crippen LogP contribution in [0.2, 0.25) is 0 Å². The number of nitrogens with two attached hydrogens (primary N) is 1. The van der Waals surface area contributed by atoms with Crippen molar-refractivity contribution in [3.05, 3.63) is 42.2 Å². The summed E-state index contributed by atoms with van der Waals surface area (Å²) in [5.41, 5.74) is 7.72. The first-order valence-corrected chi connectivity index (χ1v) is 5.49. The van der Waals surface area contributed by atoms with E-state index in [0.717, 1.165) is 12.0 Å². The van der Waals surface area contributed by atoms with Crippen molar-refractivity contribution in [2.75, 3.05) is 13.7 Å². The van der Waals surface area contributed by atoms with Gasteiger partial charge in [0.15, 0.2) is 11.6 Å². The Morgan fingerprint density at radius 1 is 1.12 bits per heavy atom. The zero-order valence-corrected chi connectivity index (χ0v) is 9.76. The van der Waals surface area contributed by atoms with E-state index in [1.165, 1.54) is 5.56 Å². The molecule has 0 aliphatic carbocycles. The molecular weight excluding hydrogens is 214 g/mol. The summed E-state index contributed by atoms with van der Waals surface area (Å²) in [7, 11) is 1.60. The quantitative estimate of drug-likeness (QED) is 0.866. The highest BCUT2D eigenvalue weighted by atomic mass is 16.5. The molecule has 0 saturated carbocycles. The van der Waals surface area contributed by atoms with Gasteiger partial charge in [-0.15, -0.1) is 0 Å². The van der Waals surface area contributed by atoms with Gasteiger partial charge >= 0.3 is 0 Å². The topological polar surface area (TPSA) is 61.0 Å². The lowest BCUT2D eigenvalue weighted by molar-refractivity contribution is 0.411. The van der Waals surface area contributed by atoms with Gasteiger partial charge in [0.05, 0.1) is 19.5 Å². The second kappa shape index (κ2) is 5.41. The summed E-state index contributed by atoms with van der Waals surface area (Å²) in [5, 5.41) is 0. The largest absolute Gasteiger partial charge is 0.494 e. The monoisotopic (exact) mass is 229 g/mol. The van der Waals surface area contributed by atoms with Crippen molar-refractivity contribution in [2.24, 2.45) is 5.73 Å². The predicted molar refractivity (Wildman–Crippen MR) is 66.8 cm³/mol. The van der Waals surface area contributed by atoms with Crippen LogP contribution in [0.15, 0.2) is 36.7 Å². The van der Waals surface area contributed by atoms with Crippen molar-refractivity contribution < 1.29 is 4.74 Å². The Hall–Kier alpha value is -1.94. The molecule has 2 aromatic rings. The standard InChI is InChI=1S/C13H15N3O/c1-17-12-8-15-13(16-9-12)11-4-2-10(3-5-11)6-7-14/h2-5,8-9H,6-7,14H2,1H3. The molecular formula is C13H15N3O. The zero-order chi connectivity index (χ0) is 12.1. The van der Waals surface area contributed by atoms with E-state index in [1.807, 2.05) is 12.1 Å². The fourth-order valence-corrected chi connectivity index (χ4v) is 1.56. The smallest absolute Gasteiger partial charge is 0.159 e. The van der Waals surface area contributed by atoms with Crippen LogP contribution in [0.1, 0.15) is 5.56 Å². The number of ether oxygens (including phenoxy) is 1. The van der Waals surface area contributed by atoms with E-state index < -0.39 is 0 Å². The Morgan fingerprint density at radius 3 is 2.29 bits per heavy atom. The molecule has 0 aliphatic heterocycles. The predicted octanol–water partition coefficient (Wildman–Crippen LogP) is 1.65. The summed E-state index contributed by atoms with van der Waals surface area (Å²) in [6, 6.07) is 8.12. The maximum Gasteiger partial charge on any atom is 0.159 e. The Labute approximate surface area is 100 Å². The van der Waals surface area contributed by atoms with Gasteiger partial charge in [0.1, 0.15) is 0 Å². The Bertz CT molecular complexity index is 465. The Balaban J connectivity index is 2.20. The molecule has 0 fully saturated rings. The molecule has 2 N–H and O–H groups in total. The fourth-order valence-electron chi connectivity index (χ4n) is 1.56. The minimum Gasteiger partial charge on any atom is -0.494 e. The van der Waals surface area contributed by atoms with Crippen LogP contribution in [-0.2, 0) is 6.42 Å². The van der Waals surface area contributed by atoms with E-state index in [4.69, 9.17) is 10.5 Å². The van der Waals surface area contributed by atoms with Crippen LogP contribution in [0.3, 0.4) is 0 Å². The average Bonchev–Trinajstić information content (AvgIpc) is 2.40. The number of hydrogen-bond donors (Lipinski definition) is 1. The summed E-state index contributed by atoms with van der Waals surface area (Å²) >= 11 is 0.